The lowest BCUT2D eigenvalue weighted by Crippen LogP contribution is -1.98. The van der Waals surface area contributed by atoms with Crippen molar-refractivity contribution in [2.45, 2.75) is 12.8 Å². The maximum Gasteiger partial charge on any atom is 0.0471 e. The third-order valence-electron chi connectivity index (χ3n) is 3.04. The fourth-order valence-electron chi connectivity index (χ4n) is 2.16. The molecule has 2 aromatic carbocycles. The van der Waals surface area contributed by atoms with Crippen LogP contribution in [0.3, 0.4) is 0 Å². The summed E-state index contributed by atoms with van der Waals surface area (Å²) < 4.78 is 0. The predicted octanol–water partition coefficient (Wildman–Crippen LogP) is 2.42. The zero-order valence-corrected chi connectivity index (χ0v) is 10.3. The van der Waals surface area contributed by atoms with Gasteiger partial charge in [-0.3, -0.25) is 0 Å². The van der Waals surface area contributed by atoms with Crippen LogP contribution >= 0.6 is 0 Å². The van der Waals surface area contributed by atoms with Gasteiger partial charge in [-0.1, -0.05) is 48.5 Å². The maximum atomic E-state index is 9.16. The summed E-state index contributed by atoms with van der Waals surface area (Å²) in [6.45, 7) is 0.297. The average molecular weight is 242 g/mol. The Morgan fingerprint density at radius 2 is 1.50 bits per heavy atom. The summed E-state index contributed by atoms with van der Waals surface area (Å²) in [4.78, 5) is 0. The largest absolute Gasteiger partial charge is 0.396 e. The first kappa shape index (κ1) is 12.8. The van der Waals surface area contributed by atoms with Crippen molar-refractivity contribution >= 4 is 0 Å². The molecule has 2 nitrogen and oxygen atoms in total. The van der Waals surface area contributed by atoms with Gasteiger partial charge in [0, 0.05) is 13.2 Å². The Labute approximate surface area is 108 Å². The summed E-state index contributed by atoms with van der Waals surface area (Å²) in [5.41, 5.74) is 4.57. The van der Waals surface area contributed by atoms with Gasteiger partial charge in [-0.25, -0.2) is 0 Å². The van der Waals surface area contributed by atoms with Gasteiger partial charge in [-0.2, -0.15) is 0 Å². The van der Waals surface area contributed by atoms with Gasteiger partial charge in [0.15, 0.2) is 0 Å². The molecule has 0 aliphatic heterocycles. The Morgan fingerprint density at radius 3 is 2.17 bits per heavy atom. The minimum atomic E-state index is 0.141. The average Bonchev–Trinajstić information content (AvgIpc) is 2.41. The molecule has 0 atom stereocenters. The van der Waals surface area contributed by atoms with Crippen molar-refractivity contribution in [3.63, 3.8) is 0 Å². The van der Waals surface area contributed by atoms with Crippen LogP contribution in [-0.2, 0) is 12.8 Å². The Morgan fingerprint density at radius 1 is 0.778 bits per heavy atom. The van der Waals surface area contributed by atoms with Crippen LogP contribution in [0.15, 0.2) is 48.5 Å². The van der Waals surface area contributed by atoms with E-state index in [9.17, 15) is 0 Å². The van der Waals surface area contributed by atoms with E-state index in [1.807, 2.05) is 24.3 Å². The SMILES string of the molecule is OCCc1ccc(-c2ccccc2)c(CCO)c1. The van der Waals surface area contributed by atoms with Gasteiger partial charge in [0.25, 0.3) is 0 Å². The van der Waals surface area contributed by atoms with E-state index in [4.69, 9.17) is 10.2 Å². The van der Waals surface area contributed by atoms with Crippen LogP contribution in [0, 0.1) is 0 Å². The smallest absolute Gasteiger partial charge is 0.0471 e. The molecular formula is C16H18O2. The van der Waals surface area contributed by atoms with Crippen molar-refractivity contribution in [1.29, 1.82) is 0 Å². The Kier molecular flexibility index (Phi) is 4.51. The third kappa shape index (κ3) is 2.97. The van der Waals surface area contributed by atoms with Crippen LogP contribution in [0.5, 0.6) is 0 Å². The summed E-state index contributed by atoms with van der Waals surface area (Å²) in [5, 5.41) is 18.1. The summed E-state index contributed by atoms with van der Waals surface area (Å²) >= 11 is 0. The second-order valence-electron chi connectivity index (χ2n) is 4.30. The van der Waals surface area contributed by atoms with E-state index < -0.39 is 0 Å². The number of aliphatic hydroxyl groups is 2. The summed E-state index contributed by atoms with van der Waals surface area (Å²) in [5.74, 6) is 0. The number of rotatable bonds is 5. The van der Waals surface area contributed by atoms with Crippen LogP contribution in [0.25, 0.3) is 11.1 Å². The lowest BCUT2D eigenvalue weighted by atomic mass is 9.95. The van der Waals surface area contributed by atoms with Gasteiger partial charge in [0.05, 0.1) is 0 Å². The highest BCUT2D eigenvalue weighted by Crippen LogP contribution is 2.25. The van der Waals surface area contributed by atoms with E-state index in [1.54, 1.807) is 0 Å². The lowest BCUT2D eigenvalue weighted by molar-refractivity contribution is 0.298. The number of hydrogen-bond acceptors (Lipinski definition) is 2. The topological polar surface area (TPSA) is 40.5 Å². The second kappa shape index (κ2) is 6.34. The molecule has 0 saturated carbocycles. The highest BCUT2D eigenvalue weighted by molar-refractivity contribution is 5.67. The molecule has 94 valence electrons. The minimum absolute atomic E-state index is 0.141. The number of hydrogen-bond donors (Lipinski definition) is 2. The molecule has 0 amide bonds. The number of aliphatic hydroxyl groups excluding tert-OH is 2. The molecule has 0 aliphatic carbocycles. The first-order valence-corrected chi connectivity index (χ1v) is 6.24. The van der Waals surface area contributed by atoms with E-state index in [2.05, 4.69) is 24.3 Å². The quantitative estimate of drug-likeness (QED) is 0.845. The zero-order chi connectivity index (χ0) is 12.8. The Balaban J connectivity index is 2.40. The first-order valence-electron chi connectivity index (χ1n) is 6.24. The molecular weight excluding hydrogens is 224 g/mol. The third-order valence-corrected chi connectivity index (χ3v) is 3.04. The Hall–Kier alpha value is -1.64. The van der Waals surface area contributed by atoms with E-state index in [1.165, 1.54) is 0 Å². The highest BCUT2D eigenvalue weighted by Gasteiger charge is 2.05. The molecule has 0 aliphatic rings. The second-order valence-corrected chi connectivity index (χ2v) is 4.30. The van der Waals surface area contributed by atoms with Crippen LogP contribution in [0.4, 0.5) is 0 Å². The van der Waals surface area contributed by atoms with Gasteiger partial charge >= 0.3 is 0 Å². The van der Waals surface area contributed by atoms with E-state index >= 15 is 0 Å². The van der Waals surface area contributed by atoms with Gasteiger partial charge < -0.3 is 10.2 Å². The van der Waals surface area contributed by atoms with Crippen LogP contribution in [0.2, 0.25) is 0 Å². The Bertz CT molecular complexity index is 492. The normalized spacial score (nSPS) is 10.6. The van der Waals surface area contributed by atoms with Crippen LogP contribution in [0.1, 0.15) is 11.1 Å². The van der Waals surface area contributed by atoms with E-state index in [-0.39, 0.29) is 13.2 Å². The van der Waals surface area contributed by atoms with Crippen molar-refractivity contribution < 1.29 is 10.2 Å². The van der Waals surface area contributed by atoms with Gasteiger partial charge in [-0.05, 0) is 35.1 Å². The molecule has 0 saturated heterocycles. The van der Waals surface area contributed by atoms with Crippen molar-refractivity contribution in [2.75, 3.05) is 13.2 Å². The molecule has 2 aromatic rings. The fraction of sp³-hybridized carbons (Fsp3) is 0.250. The van der Waals surface area contributed by atoms with Crippen molar-refractivity contribution in [2.24, 2.45) is 0 Å². The molecule has 0 spiro atoms. The fourth-order valence-corrected chi connectivity index (χ4v) is 2.16. The van der Waals surface area contributed by atoms with Crippen molar-refractivity contribution in [1.82, 2.24) is 0 Å². The molecule has 0 radical (unpaired) electrons. The van der Waals surface area contributed by atoms with E-state index in [0.29, 0.717) is 12.8 Å². The standard InChI is InChI=1S/C16H18O2/c17-10-8-13-6-7-16(15(12-13)9-11-18)14-4-2-1-3-5-14/h1-7,12,17-18H,8-11H2. The van der Waals surface area contributed by atoms with Crippen molar-refractivity contribution in [3.05, 3.63) is 59.7 Å². The monoisotopic (exact) mass is 242 g/mol. The summed E-state index contributed by atoms with van der Waals surface area (Å²) in [6, 6.07) is 16.4. The van der Waals surface area contributed by atoms with Crippen molar-refractivity contribution in [3.8, 4) is 11.1 Å². The molecule has 18 heavy (non-hydrogen) atoms. The van der Waals surface area contributed by atoms with Gasteiger partial charge in [-0.15, -0.1) is 0 Å². The molecule has 0 fully saturated rings. The first-order chi connectivity index (χ1) is 8.85. The van der Waals surface area contributed by atoms with Crippen LogP contribution < -0.4 is 0 Å². The van der Waals surface area contributed by atoms with Gasteiger partial charge in [0.1, 0.15) is 0 Å². The summed E-state index contributed by atoms with van der Waals surface area (Å²) in [7, 11) is 0. The molecule has 2 heteroatoms. The molecule has 0 unspecified atom stereocenters. The van der Waals surface area contributed by atoms with E-state index in [0.717, 1.165) is 22.3 Å². The lowest BCUT2D eigenvalue weighted by Gasteiger charge is -2.11. The predicted molar refractivity (Wildman–Crippen MR) is 73.5 cm³/mol. The molecule has 0 heterocycles. The molecule has 2 N–H and O–H groups in total. The number of benzene rings is 2. The molecule has 0 aromatic heterocycles. The van der Waals surface area contributed by atoms with Gasteiger partial charge in [0.2, 0.25) is 0 Å². The van der Waals surface area contributed by atoms with Crippen LogP contribution in [-0.4, -0.2) is 23.4 Å². The maximum absolute atomic E-state index is 9.16. The highest BCUT2D eigenvalue weighted by atomic mass is 16.3. The molecule has 0 bridgehead atoms. The summed E-state index contributed by atoms with van der Waals surface area (Å²) in [6.07, 6.45) is 1.30. The minimum Gasteiger partial charge on any atom is -0.396 e. The zero-order valence-electron chi connectivity index (χ0n) is 10.3. The molecule has 2 rings (SSSR count).